The minimum atomic E-state index is -0.771. The molecule has 0 bridgehead atoms. The number of esters is 1. The predicted octanol–water partition coefficient (Wildman–Crippen LogP) is 3.19. The molecule has 0 radical (unpaired) electrons. The Hall–Kier alpha value is -3.22. The lowest BCUT2D eigenvalue weighted by Gasteiger charge is -2.06. The van der Waals surface area contributed by atoms with Crippen LogP contribution in [0.3, 0.4) is 0 Å². The number of amides is 3. The van der Waals surface area contributed by atoms with Crippen LogP contribution >= 0.6 is 34.9 Å². The summed E-state index contributed by atoms with van der Waals surface area (Å²) in [6.07, 6.45) is 1.27. The van der Waals surface area contributed by atoms with Gasteiger partial charge in [0.05, 0.1) is 28.6 Å². The van der Waals surface area contributed by atoms with Crippen molar-refractivity contribution < 1.29 is 23.9 Å². The van der Waals surface area contributed by atoms with Gasteiger partial charge in [-0.05, 0) is 42.0 Å². The highest BCUT2D eigenvalue weighted by atomic mass is 32.2. The fraction of sp³-hybridized carbons (Fsp3) is 0.143. The van der Waals surface area contributed by atoms with Gasteiger partial charge in [-0.25, -0.2) is 10.4 Å². The number of thioether (sulfide) groups is 2. The maximum atomic E-state index is 12.0. The average molecular weight is 501 g/mol. The molecule has 168 valence electrons. The van der Waals surface area contributed by atoms with Crippen molar-refractivity contribution in [1.29, 1.82) is 0 Å². The third kappa shape index (κ3) is 6.40. The smallest absolute Gasteiger partial charge is 0.312 e. The summed E-state index contributed by atoms with van der Waals surface area (Å²) in [6.45, 7) is 0. The van der Waals surface area contributed by atoms with Crippen LogP contribution < -0.4 is 15.5 Å². The van der Waals surface area contributed by atoms with Crippen molar-refractivity contribution in [1.82, 2.24) is 15.7 Å². The van der Waals surface area contributed by atoms with Crippen molar-refractivity contribution in [2.75, 3.05) is 5.75 Å². The van der Waals surface area contributed by atoms with Crippen molar-refractivity contribution in [3.63, 3.8) is 0 Å². The number of hydrogen-bond donors (Lipinski definition) is 2. The molecule has 0 unspecified atom stereocenters. The second-order valence-electron chi connectivity index (χ2n) is 6.66. The summed E-state index contributed by atoms with van der Waals surface area (Å²) in [5, 5.41) is 4.81. The van der Waals surface area contributed by atoms with Crippen LogP contribution in [0, 0.1) is 0 Å². The average Bonchev–Trinajstić information content (AvgIpc) is 3.35. The predicted molar refractivity (Wildman–Crippen MR) is 128 cm³/mol. The zero-order valence-electron chi connectivity index (χ0n) is 16.8. The van der Waals surface area contributed by atoms with E-state index in [2.05, 4.69) is 20.8 Å². The SMILES string of the molecule is O=C(CSc1nc2ccccc2s1)N/N=C\c1ccc(OC(=O)C[C@H]2SC(=O)NC2=O)cc1. The number of fused-ring (bicyclic) bond motifs is 1. The van der Waals surface area contributed by atoms with E-state index in [4.69, 9.17) is 4.74 Å². The van der Waals surface area contributed by atoms with Gasteiger partial charge in [-0.1, -0.05) is 35.7 Å². The van der Waals surface area contributed by atoms with Gasteiger partial charge >= 0.3 is 5.97 Å². The number of hydrazone groups is 1. The molecule has 12 heteroatoms. The summed E-state index contributed by atoms with van der Waals surface area (Å²) in [5.74, 6) is -0.878. The van der Waals surface area contributed by atoms with E-state index in [0.717, 1.165) is 26.3 Å². The van der Waals surface area contributed by atoms with E-state index in [1.165, 1.54) is 29.3 Å². The Kier molecular flexibility index (Phi) is 7.37. The summed E-state index contributed by atoms with van der Waals surface area (Å²) >= 11 is 3.66. The molecule has 2 N–H and O–H groups in total. The Morgan fingerprint density at radius 2 is 1.97 bits per heavy atom. The van der Waals surface area contributed by atoms with Crippen molar-refractivity contribution in [2.24, 2.45) is 5.10 Å². The molecule has 33 heavy (non-hydrogen) atoms. The molecule has 2 aromatic carbocycles. The number of carbonyl (C=O) groups excluding carboxylic acids is 4. The normalized spacial score (nSPS) is 15.7. The number of carbonyl (C=O) groups is 4. The maximum Gasteiger partial charge on any atom is 0.312 e. The van der Waals surface area contributed by atoms with Crippen molar-refractivity contribution in [2.45, 2.75) is 16.0 Å². The lowest BCUT2D eigenvalue weighted by molar-refractivity contribution is -0.135. The Balaban J connectivity index is 1.20. The Morgan fingerprint density at radius 3 is 2.70 bits per heavy atom. The first kappa shape index (κ1) is 23.0. The van der Waals surface area contributed by atoms with E-state index in [1.54, 1.807) is 24.3 Å². The van der Waals surface area contributed by atoms with Crippen LogP contribution in [0.4, 0.5) is 4.79 Å². The number of imide groups is 1. The molecular weight excluding hydrogens is 484 g/mol. The third-order valence-electron chi connectivity index (χ3n) is 4.23. The van der Waals surface area contributed by atoms with E-state index in [1.807, 2.05) is 24.3 Å². The van der Waals surface area contributed by atoms with E-state index in [-0.39, 0.29) is 18.1 Å². The summed E-state index contributed by atoms with van der Waals surface area (Å²) in [4.78, 5) is 51.1. The second-order valence-corrected chi connectivity index (χ2v) is 10.1. The highest BCUT2D eigenvalue weighted by Gasteiger charge is 2.33. The molecule has 0 aliphatic carbocycles. The fourth-order valence-electron chi connectivity index (χ4n) is 2.73. The number of nitrogens with zero attached hydrogens (tertiary/aromatic N) is 2. The van der Waals surface area contributed by atoms with Crippen LogP contribution in [0.2, 0.25) is 0 Å². The number of ether oxygens (including phenoxy) is 1. The first-order valence-electron chi connectivity index (χ1n) is 9.59. The van der Waals surface area contributed by atoms with Gasteiger partial charge in [-0.3, -0.25) is 24.5 Å². The van der Waals surface area contributed by atoms with Gasteiger partial charge in [0.2, 0.25) is 5.91 Å². The lowest BCUT2D eigenvalue weighted by atomic mass is 10.2. The standard InChI is InChI=1S/C21H16N4O5S3/c26-17(11-31-21-23-14-3-1-2-4-15(14)33-21)25-22-10-12-5-7-13(8-6-12)30-18(27)9-16-19(28)24-20(29)32-16/h1-8,10,16H,9,11H2,(H,25,26)(H,24,28,29)/b22-10-/t16-/m1/s1. The maximum absolute atomic E-state index is 12.0. The minimum absolute atomic E-state index is 0.189. The highest BCUT2D eigenvalue weighted by Crippen LogP contribution is 2.29. The number of nitrogens with one attached hydrogen (secondary N) is 2. The highest BCUT2D eigenvalue weighted by molar-refractivity contribution is 8.15. The van der Waals surface area contributed by atoms with Gasteiger partial charge in [-0.2, -0.15) is 5.10 Å². The molecule has 1 aliphatic heterocycles. The number of benzene rings is 2. The van der Waals surface area contributed by atoms with Gasteiger partial charge in [0.25, 0.3) is 11.1 Å². The van der Waals surface area contributed by atoms with E-state index >= 15 is 0 Å². The van der Waals surface area contributed by atoms with E-state index in [0.29, 0.717) is 11.3 Å². The second kappa shape index (κ2) is 10.6. The number of para-hydroxylation sites is 1. The van der Waals surface area contributed by atoms with Crippen LogP contribution in [-0.4, -0.2) is 45.2 Å². The topological polar surface area (TPSA) is 127 Å². The van der Waals surface area contributed by atoms with E-state index in [9.17, 15) is 19.2 Å². The molecule has 3 amide bonds. The van der Waals surface area contributed by atoms with Gasteiger partial charge in [0.15, 0.2) is 4.34 Å². The van der Waals surface area contributed by atoms with Crippen LogP contribution in [-0.2, 0) is 14.4 Å². The number of aromatic nitrogens is 1. The molecule has 1 fully saturated rings. The molecule has 4 rings (SSSR count). The molecule has 1 aromatic heterocycles. The van der Waals surface area contributed by atoms with Gasteiger partial charge < -0.3 is 4.74 Å². The van der Waals surface area contributed by atoms with Crippen molar-refractivity contribution in [3.8, 4) is 5.75 Å². The van der Waals surface area contributed by atoms with Crippen LogP contribution in [0.5, 0.6) is 5.75 Å². The summed E-state index contributed by atoms with van der Waals surface area (Å²) < 4.78 is 7.08. The van der Waals surface area contributed by atoms with Gasteiger partial charge in [0, 0.05) is 0 Å². The molecule has 3 aromatic rings. The summed E-state index contributed by atoms with van der Waals surface area (Å²) in [7, 11) is 0. The molecule has 1 atom stereocenters. The Morgan fingerprint density at radius 1 is 1.18 bits per heavy atom. The molecule has 9 nitrogen and oxygen atoms in total. The molecular formula is C21H16N4O5S3. The third-order valence-corrected chi connectivity index (χ3v) is 7.40. The quantitative estimate of drug-likeness (QED) is 0.159. The first-order valence-corrected chi connectivity index (χ1v) is 12.3. The molecule has 1 aliphatic rings. The Bertz CT molecular complexity index is 1210. The number of hydrogen-bond acceptors (Lipinski definition) is 10. The Labute approximate surface area is 200 Å². The van der Waals surface area contributed by atoms with Crippen molar-refractivity contribution in [3.05, 3.63) is 54.1 Å². The van der Waals surface area contributed by atoms with Gasteiger partial charge in [-0.15, -0.1) is 11.3 Å². The minimum Gasteiger partial charge on any atom is -0.426 e. The first-order chi connectivity index (χ1) is 16.0. The molecule has 0 spiro atoms. The van der Waals surface area contributed by atoms with Crippen LogP contribution in [0.15, 0.2) is 58.0 Å². The largest absolute Gasteiger partial charge is 0.426 e. The number of rotatable bonds is 8. The monoisotopic (exact) mass is 500 g/mol. The number of thiazole rings is 1. The molecule has 2 heterocycles. The van der Waals surface area contributed by atoms with Gasteiger partial charge in [0.1, 0.15) is 11.0 Å². The molecule has 0 saturated carbocycles. The van der Waals surface area contributed by atoms with E-state index < -0.39 is 22.4 Å². The summed E-state index contributed by atoms with van der Waals surface area (Å²) in [6, 6.07) is 14.3. The van der Waals surface area contributed by atoms with Crippen LogP contribution in [0.1, 0.15) is 12.0 Å². The van der Waals surface area contributed by atoms with Crippen LogP contribution in [0.25, 0.3) is 10.2 Å². The zero-order valence-corrected chi connectivity index (χ0v) is 19.3. The zero-order chi connectivity index (χ0) is 23.2. The lowest BCUT2D eigenvalue weighted by Crippen LogP contribution is -2.27. The fourth-order valence-corrected chi connectivity index (χ4v) is 5.39. The molecule has 1 saturated heterocycles. The van der Waals surface area contributed by atoms with Crippen molar-refractivity contribution >= 4 is 74.3 Å². The summed E-state index contributed by atoms with van der Waals surface area (Å²) in [5.41, 5.74) is 4.06.